The van der Waals surface area contributed by atoms with Crippen LogP contribution in [-0.4, -0.2) is 30.4 Å². The third-order valence-corrected chi connectivity index (χ3v) is 3.41. The van der Waals surface area contributed by atoms with E-state index in [4.69, 9.17) is 4.42 Å². The summed E-state index contributed by atoms with van der Waals surface area (Å²) in [4.78, 5) is 14.0. The quantitative estimate of drug-likeness (QED) is 0.867. The lowest BCUT2D eigenvalue weighted by molar-refractivity contribution is -0.134. The van der Waals surface area contributed by atoms with Crippen LogP contribution in [-0.2, 0) is 11.3 Å². The molecule has 2 rings (SSSR count). The number of rotatable bonds is 3. The predicted octanol–water partition coefficient (Wildman–Crippen LogP) is 1.63. The maximum atomic E-state index is 12.3. The number of hydrogen-bond donors (Lipinski definition) is 1. The Balaban J connectivity index is 1.94. The molecule has 0 spiro atoms. The Morgan fingerprint density at radius 2 is 2.47 bits per heavy atom. The van der Waals surface area contributed by atoms with Crippen LogP contribution in [0.15, 0.2) is 23.0 Å². The molecule has 0 aromatic carbocycles. The maximum Gasteiger partial charge on any atom is 0.240 e. The van der Waals surface area contributed by atoms with Crippen LogP contribution in [0.2, 0.25) is 0 Å². The fraction of sp³-hybridized carbons (Fsp3) is 0.615. The Labute approximate surface area is 102 Å². The van der Waals surface area contributed by atoms with E-state index in [2.05, 4.69) is 12.2 Å². The average molecular weight is 236 g/mol. The summed E-state index contributed by atoms with van der Waals surface area (Å²) in [5.74, 6) is 0.599. The van der Waals surface area contributed by atoms with Gasteiger partial charge in [0, 0.05) is 19.2 Å². The van der Waals surface area contributed by atoms with Gasteiger partial charge in [-0.2, -0.15) is 0 Å². The molecule has 1 fully saturated rings. The monoisotopic (exact) mass is 236 g/mol. The van der Waals surface area contributed by atoms with E-state index in [9.17, 15) is 4.79 Å². The van der Waals surface area contributed by atoms with Crippen LogP contribution in [0, 0.1) is 5.92 Å². The van der Waals surface area contributed by atoms with E-state index in [1.54, 1.807) is 17.4 Å². The molecule has 0 bridgehead atoms. The number of nitrogens with zero attached hydrogens (tertiary/aromatic N) is 1. The second-order valence-electron chi connectivity index (χ2n) is 4.88. The van der Waals surface area contributed by atoms with E-state index in [0.717, 1.165) is 24.9 Å². The number of hydrogen-bond acceptors (Lipinski definition) is 3. The fourth-order valence-corrected chi connectivity index (χ4v) is 2.35. The molecule has 1 saturated heterocycles. The Morgan fingerprint density at radius 1 is 1.65 bits per heavy atom. The first-order valence-electron chi connectivity index (χ1n) is 6.18. The third-order valence-electron chi connectivity index (χ3n) is 3.41. The number of furan rings is 1. The highest BCUT2D eigenvalue weighted by molar-refractivity contribution is 5.82. The zero-order chi connectivity index (χ0) is 12.3. The summed E-state index contributed by atoms with van der Waals surface area (Å²) in [7, 11) is 1.85. The summed E-state index contributed by atoms with van der Waals surface area (Å²) in [6.07, 6.45) is 5.61. The zero-order valence-electron chi connectivity index (χ0n) is 10.5. The van der Waals surface area contributed by atoms with Crippen LogP contribution in [0.3, 0.4) is 0 Å². The topological polar surface area (TPSA) is 45.5 Å². The lowest BCUT2D eigenvalue weighted by Crippen LogP contribution is -2.51. The van der Waals surface area contributed by atoms with Crippen molar-refractivity contribution in [3.8, 4) is 0 Å². The number of nitrogens with one attached hydrogen (secondary N) is 1. The molecule has 94 valence electrons. The van der Waals surface area contributed by atoms with Gasteiger partial charge < -0.3 is 14.6 Å². The molecular weight excluding hydrogens is 216 g/mol. The Bertz CT molecular complexity index is 362. The van der Waals surface area contributed by atoms with Gasteiger partial charge >= 0.3 is 0 Å². The van der Waals surface area contributed by atoms with Crippen molar-refractivity contribution in [3.05, 3.63) is 24.2 Å². The molecule has 2 atom stereocenters. The van der Waals surface area contributed by atoms with Crippen molar-refractivity contribution >= 4 is 5.91 Å². The fourth-order valence-electron chi connectivity index (χ4n) is 2.35. The maximum absolute atomic E-state index is 12.3. The molecule has 1 aliphatic heterocycles. The molecule has 1 aromatic heterocycles. The highest BCUT2D eigenvalue weighted by atomic mass is 16.3. The standard InChI is InChI=1S/C13H20N2O2/c1-10-4-3-6-14-12(10)13(16)15(2)8-11-5-7-17-9-11/h5,7,9-10,12,14H,3-4,6,8H2,1-2H3. The van der Waals surface area contributed by atoms with Gasteiger partial charge in [-0.1, -0.05) is 6.92 Å². The van der Waals surface area contributed by atoms with Crippen LogP contribution in [0.1, 0.15) is 25.3 Å². The van der Waals surface area contributed by atoms with Crippen LogP contribution in [0.25, 0.3) is 0 Å². The van der Waals surface area contributed by atoms with Crippen molar-refractivity contribution in [2.45, 2.75) is 32.4 Å². The minimum atomic E-state index is -0.0272. The van der Waals surface area contributed by atoms with E-state index < -0.39 is 0 Å². The first-order valence-corrected chi connectivity index (χ1v) is 6.18. The molecule has 4 heteroatoms. The average Bonchev–Trinajstić information content (AvgIpc) is 2.81. The van der Waals surface area contributed by atoms with Crippen molar-refractivity contribution < 1.29 is 9.21 Å². The summed E-state index contributed by atoms with van der Waals surface area (Å²) in [6.45, 7) is 3.70. The van der Waals surface area contributed by atoms with Gasteiger partial charge in [0.25, 0.3) is 0 Å². The van der Waals surface area contributed by atoms with E-state index >= 15 is 0 Å². The van der Waals surface area contributed by atoms with E-state index in [1.165, 1.54) is 0 Å². The molecule has 1 aliphatic rings. The lowest BCUT2D eigenvalue weighted by atomic mass is 9.92. The van der Waals surface area contributed by atoms with Crippen molar-refractivity contribution in [1.82, 2.24) is 10.2 Å². The first-order chi connectivity index (χ1) is 8.18. The number of carbonyl (C=O) groups is 1. The van der Waals surface area contributed by atoms with Crippen LogP contribution in [0.4, 0.5) is 0 Å². The van der Waals surface area contributed by atoms with Crippen molar-refractivity contribution in [2.75, 3.05) is 13.6 Å². The van der Waals surface area contributed by atoms with Gasteiger partial charge in [-0.3, -0.25) is 4.79 Å². The van der Waals surface area contributed by atoms with Crippen molar-refractivity contribution in [2.24, 2.45) is 5.92 Å². The number of amides is 1. The summed E-state index contributed by atoms with van der Waals surface area (Å²) in [5, 5.41) is 3.31. The van der Waals surface area contributed by atoms with Gasteiger partial charge in [-0.15, -0.1) is 0 Å². The molecular formula is C13H20N2O2. The molecule has 2 unspecified atom stereocenters. The van der Waals surface area contributed by atoms with Crippen LogP contribution in [0.5, 0.6) is 0 Å². The normalized spacial score (nSPS) is 24.6. The Hall–Kier alpha value is -1.29. The van der Waals surface area contributed by atoms with Gasteiger partial charge in [-0.25, -0.2) is 0 Å². The Morgan fingerprint density at radius 3 is 3.12 bits per heavy atom. The SMILES string of the molecule is CC1CCCNC1C(=O)N(C)Cc1ccoc1. The van der Waals surface area contributed by atoms with Crippen molar-refractivity contribution in [1.29, 1.82) is 0 Å². The van der Waals surface area contributed by atoms with Gasteiger partial charge in [0.2, 0.25) is 5.91 Å². The van der Waals surface area contributed by atoms with Gasteiger partial charge in [0.15, 0.2) is 0 Å². The minimum absolute atomic E-state index is 0.0272. The minimum Gasteiger partial charge on any atom is -0.472 e. The highest BCUT2D eigenvalue weighted by Gasteiger charge is 2.29. The molecule has 1 amide bonds. The van der Waals surface area contributed by atoms with E-state index in [0.29, 0.717) is 12.5 Å². The summed E-state index contributed by atoms with van der Waals surface area (Å²) in [6, 6.07) is 1.86. The van der Waals surface area contributed by atoms with Crippen LogP contribution >= 0.6 is 0 Å². The van der Waals surface area contributed by atoms with Gasteiger partial charge in [0.1, 0.15) is 0 Å². The summed E-state index contributed by atoms with van der Waals surface area (Å²) < 4.78 is 5.01. The molecule has 1 N–H and O–H groups in total. The third kappa shape index (κ3) is 2.88. The Kier molecular flexibility index (Phi) is 3.84. The predicted molar refractivity (Wildman–Crippen MR) is 65.4 cm³/mol. The summed E-state index contributed by atoms with van der Waals surface area (Å²) >= 11 is 0. The molecule has 0 radical (unpaired) electrons. The van der Waals surface area contributed by atoms with Gasteiger partial charge in [-0.05, 0) is 31.4 Å². The van der Waals surface area contributed by atoms with E-state index in [1.807, 2.05) is 13.1 Å². The zero-order valence-corrected chi connectivity index (χ0v) is 10.5. The molecule has 1 aromatic rings. The summed E-state index contributed by atoms with van der Waals surface area (Å²) in [5.41, 5.74) is 1.03. The molecule has 0 saturated carbocycles. The highest BCUT2D eigenvalue weighted by Crippen LogP contribution is 2.17. The van der Waals surface area contributed by atoms with Gasteiger partial charge in [0.05, 0.1) is 18.6 Å². The first kappa shape index (κ1) is 12.2. The van der Waals surface area contributed by atoms with Crippen LogP contribution < -0.4 is 5.32 Å². The number of likely N-dealkylation sites (N-methyl/N-ethyl adjacent to an activating group) is 1. The largest absolute Gasteiger partial charge is 0.472 e. The van der Waals surface area contributed by atoms with E-state index in [-0.39, 0.29) is 11.9 Å². The second-order valence-corrected chi connectivity index (χ2v) is 4.88. The molecule has 0 aliphatic carbocycles. The number of piperidine rings is 1. The van der Waals surface area contributed by atoms with Crippen molar-refractivity contribution in [3.63, 3.8) is 0 Å². The molecule has 2 heterocycles. The molecule has 17 heavy (non-hydrogen) atoms. The smallest absolute Gasteiger partial charge is 0.240 e. The molecule has 4 nitrogen and oxygen atoms in total. The number of carbonyl (C=O) groups excluding carboxylic acids is 1. The second kappa shape index (κ2) is 5.36. The lowest BCUT2D eigenvalue weighted by Gasteiger charge is -2.32.